The van der Waals surface area contributed by atoms with Gasteiger partial charge in [-0.2, -0.15) is 0 Å². The fraction of sp³-hybridized carbons (Fsp3) is 0.500. The van der Waals surface area contributed by atoms with Gasteiger partial charge in [0.25, 0.3) is 5.92 Å². The Morgan fingerprint density at radius 3 is 2.79 bits per heavy atom. The Morgan fingerprint density at radius 1 is 1.32 bits per heavy atom. The molecule has 3 rings (SSSR count). The van der Waals surface area contributed by atoms with Crippen LogP contribution in [0.5, 0.6) is 0 Å². The zero-order chi connectivity index (χ0) is 13.5. The van der Waals surface area contributed by atoms with Crippen LogP contribution in [-0.2, 0) is 16.1 Å². The van der Waals surface area contributed by atoms with E-state index in [-0.39, 0.29) is 25.5 Å². The summed E-state index contributed by atoms with van der Waals surface area (Å²) in [5.41, 5.74) is 0.860. The molecule has 2 aliphatic rings. The summed E-state index contributed by atoms with van der Waals surface area (Å²) in [5.74, 6) is -3.21. The first-order valence-corrected chi connectivity index (χ1v) is 6.41. The molecule has 1 amide bonds. The van der Waals surface area contributed by atoms with Gasteiger partial charge < -0.3 is 9.64 Å². The number of carbonyl (C=O) groups excluding carboxylic acids is 1. The second-order valence-corrected chi connectivity index (χ2v) is 5.10. The molecule has 1 saturated carbocycles. The smallest absolute Gasteiger partial charge is 0.270 e. The number of amides is 1. The van der Waals surface area contributed by atoms with Crippen molar-refractivity contribution < 1.29 is 18.3 Å². The first-order chi connectivity index (χ1) is 9.08. The number of hydrogen-bond donors (Lipinski definition) is 0. The maximum Gasteiger partial charge on any atom is 0.270 e. The molecule has 2 atom stereocenters. The second-order valence-electron chi connectivity index (χ2n) is 5.10. The fourth-order valence-electron chi connectivity index (χ4n) is 2.90. The molecule has 0 spiro atoms. The molecular weight excluding hydrogens is 252 g/mol. The van der Waals surface area contributed by atoms with Gasteiger partial charge in [-0.15, -0.1) is 0 Å². The molecule has 1 aliphatic heterocycles. The number of nitrogens with zero attached hydrogens (tertiary/aromatic N) is 1. The standard InChI is InChI=1S/C14H15F2NO2/c15-14(16)7-6-11-13(14)17(12(18)9-19-11)8-10-4-2-1-3-5-10/h1-5,11,13H,6-9H2. The summed E-state index contributed by atoms with van der Waals surface area (Å²) < 4.78 is 33.1. The van der Waals surface area contributed by atoms with Crippen molar-refractivity contribution in [2.45, 2.75) is 37.5 Å². The van der Waals surface area contributed by atoms with E-state index in [4.69, 9.17) is 4.74 Å². The summed E-state index contributed by atoms with van der Waals surface area (Å²) in [5, 5.41) is 0. The predicted molar refractivity (Wildman–Crippen MR) is 64.7 cm³/mol. The topological polar surface area (TPSA) is 29.5 Å². The van der Waals surface area contributed by atoms with E-state index in [1.807, 2.05) is 30.3 Å². The second kappa shape index (κ2) is 4.56. The number of rotatable bonds is 2. The van der Waals surface area contributed by atoms with Gasteiger partial charge in [0, 0.05) is 13.0 Å². The summed E-state index contributed by atoms with van der Waals surface area (Å²) >= 11 is 0. The molecule has 5 heteroatoms. The molecular formula is C14H15F2NO2. The third-order valence-corrected chi connectivity index (χ3v) is 3.82. The van der Waals surface area contributed by atoms with E-state index in [2.05, 4.69) is 0 Å². The molecule has 3 nitrogen and oxygen atoms in total. The zero-order valence-electron chi connectivity index (χ0n) is 10.4. The van der Waals surface area contributed by atoms with E-state index in [0.29, 0.717) is 6.42 Å². The van der Waals surface area contributed by atoms with Crippen LogP contribution in [0.4, 0.5) is 8.78 Å². The van der Waals surface area contributed by atoms with E-state index in [1.165, 1.54) is 4.90 Å². The zero-order valence-corrected chi connectivity index (χ0v) is 10.4. The van der Waals surface area contributed by atoms with Crippen LogP contribution in [0.3, 0.4) is 0 Å². The average Bonchev–Trinajstić information content (AvgIpc) is 2.70. The number of hydrogen-bond acceptors (Lipinski definition) is 2. The number of benzene rings is 1. The van der Waals surface area contributed by atoms with E-state index in [9.17, 15) is 13.6 Å². The summed E-state index contributed by atoms with van der Waals surface area (Å²) in [7, 11) is 0. The SMILES string of the molecule is O=C1COC2CCC(F)(F)C2N1Cc1ccccc1. The van der Waals surface area contributed by atoms with Crippen molar-refractivity contribution in [3.05, 3.63) is 35.9 Å². The molecule has 19 heavy (non-hydrogen) atoms. The van der Waals surface area contributed by atoms with Crippen molar-refractivity contribution in [3.63, 3.8) is 0 Å². The molecule has 1 aliphatic carbocycles. The third kappa shape index (κ3) is 2.23. The van der Waals surface area contributed by atoms with Crippen LogP contribution >= 0.6 is 0 Å². The van der Waals surface area contributed by atoms with Gasteiger partial charge in [0.05, 0.1) is 6.10 Å². The van der Waals surface area contributed by atoms with Crippen LogP contribution in [-0.4, -0.2) is 35.5 Å². The lowest BCUT2D eigenvalue weighted by molar-refractivity contribution is -0.173. The molecule has 1 saturated heterocycles. The Morgan fingerprint density at radius 2 is 2.05 bits per heavy atom. The minimum atomic E-state index is -2.85. The van der Waals surface area contributed by atoms with Crippen LogP contribution in [0.25, 0.3) is 0 Å². The molecule has 1 aromatic rings. The first-order valence-electron chi connectivity index (χ1n) is 6.41. The number of ether oxygens (including phenoxy) is 1. The highest BCUT2D eigenvalue weighted by Crippen LogP contribution is 2.42. The van der Waals surface area contributed by atoms with E-state index in [0.717, 1.165) is 5.56 Å². The Balaban J connectivity index is 1.86. The molecule has 1 aromatic carbocycles. The summed E-state index contributed by atoms with van der Waals surface area (Å²) in [4.78, 5) is 13.2. The highest BCUT2D eigenvalue weighted by Gasteiger charge is 2.56. The van der Waals surface area contributed by atoms with Gasteiger partial charge in [0.2, 0.25) is 5.91 Å². The largest absolute Gasteiger partial charge is 0.366 e. The predicted octanol–water partition coefficient (Wildman–Crippen LogP) is 2.21. The highest BCUT2D eigenvalue weighted by molar-refractivity contribution is 5.79. The number of morpholine rings is 1. The van der Waals surface area contributed by atoms with Gasteiger partial charge in [-0.25, -0.2) is 8.78 Å². The van der Waals surface area contributed by atoms with Gasteiger partial charge in [-0.1, -0.05) is 30.3 Å². The van der Waals surface area contributed by atoms with Gasteiger partial charge in [0.15, 0.2) is 0 Å². The number of halogens is 2. The monoisotopic (exact) mass is 267 g/mol. The summed E-state index contributed by atoms with van der Waals surface area (Å²) in [6, 6.07) is 8.09. The molecule has 1 heterocycles. The maximum absolute atomic E-state index is 13.9. The van der Waals surface area contributed by atoms with Gasteiger partial charge >= 0.3 is 0 Å². The third-order valence-electron chi connectivity index (χ3n) is 3.82. The normalized spacial score (nSPS) is 29.4. The van der Waals surface area contributed by atoms with Crippen LogP contribution in [0.15, 0.2) is 30.3 Å². The summed E-state index contributed by atoms with van der Waals surface area (Å²) in [6.45, 7) is 0.129. The quantitative estimate of drug-likeness (QED) is 0.822. The molecule has 102 valence electrons. The number of fused-ring (bicyclic) bond motifs is 1. The van der Waals surface area contributed by atoms with Gasteiger partial charge in [-0.3, -0.25) is 4.79 Å². The fourth-order valence-corrected chi connectivity index (χ4v) is 2.90. The van der Waals surface area contributed by atoms with Crippen LogP contribution in [0, 0.1) is 0 Å². The molecule has 0 aromatic heterocycles. The summed E-state index contributed by atoms with van der Waals surface area (Å²) in [6.07, 6.45) is -0.423. The van der Waals surface area contributed by atoms with Crippen molar-refractivity contribution in [1.82, 2.24) is 4.90 Å². The van der Waals surface area contributed by atoms with Crippen LogP contribution in [0.1, 0.15) is 18.4 Å². The van der Waals surface area contributed by atoms with E-state index < -0.39 is 18.1 Å². The highest BCUT2D eigenvalue weighted by atomic mass is 19.3. The Hall–Kier alpha value is -1.49. The van der Waals surface area contributed by atoms with Crippen LogP contribution in [0.2, 0.25) is 0 Å². The van der Waals surface area contributed by atoms with Crippen molar-refractivity contribution in [3.8, 4) is 0 Å². The van der Waals surface area contributed by atoms with Crippen LogP contribution < -0.4 is 0 Å². The minimum absolute atomic E-state index is 0.0932. The van der Waals surface area contributed by atoms with E-state index in [1.54, 1.807) is 0 Å². The van der Waals surface area contributed by atoms with Crippen molar-refractivity contribution in [1.29, 1.82) is 0 Å². The van der Waals surface area contributed by atoms with Crippen molar-refractivity contribution in [2.75, 3.05) is 6.61 Å². The van der Waals surface area contributed by atoms with Crippen molar-refractivity contribution >= 4 is 5.91 Å². The number of carbonyl (C=O) groups is 1. The minimum Gasteiger partial charge on any atom is -0.366 e. The average molecular weight is 267 g/mol. The molecule has 0 radical (unpaired) electrons. The molecule has 0 N–H and O–H groups in total. The van der Waals surface area contributed by atoms with Crippen molar-refractivity contribution in [2.24, 2.45) is 0 Å². The Labute approximate surface area is 110 Å². The lowest BCUT2D eigenvalue weighted by Crippen LogP contribution is -2.57. The number of alkyl halides is 2. The van der Waals surface area contributed by atoms with Gasteiger partial charge in [-0.05, 0) is 12.0 Å². The first kappa shape index (κ1) is 12.5. The molecule has 0 bridgehead atoms. The lowest BCUT2D eigenvalue weighted by atomic mass is 10.1. The Bertz CT molecular complexity index is 478. The molecule has 2 fully saturated rings. The van der Waals surface area contributed by atoms with Gasteiger partial charge in [0.1, 0.15) is 12.6 Å². The Kier molecular flexibility index (Phi) is 3.01. The van der Waals surface area contributed by atoms with E-state index >= 15 is 0 Å². The molecule has 2 unspecified atom stereocenters. The maximum atomic E-state index is 13.9. The lowest BCUT2D eigenvalue weighted by Gasteiger charge is -2.39.